The summed E-state index contributed by atoms with van der Waals surface area (Å²) in [6, 6.07) is 3.39. The Bertz CT molecular complexity index is 522. The molecule has 2 N–H and O–H groups in total. The van der Waals surface area contributed by atoms with Gasteiger partial charge in [0.05, 0.1) is 0 Å². The number of aromatic nitrogens is 1. The predicted molar refractivity (Wildman–Crippen MR) is 83.4 cm³/mol. The van der Waals surface area contributed by atoms with Gasteiger partial charge in [-0.05, 0) is 36.9 Å². The van der Waals surface area contributed by atoms with Crippen LogP contribution >= 0.6 is 0 Å². The molecular weight excluding hydrogens is 286 g/mol. The summed E-state index contributed by atoms with van der Waals surface area (Å²) < 4.78 is 27.1. The summed E-state index contributed by atoms with van der Waals surface area (Å²) >= 11 is 0. The highest BCUT2D eigenvalue weighted by molar-refractivity contribution is 7.89. The van der Waals surface area contributed by atoms with Crippen LogP contribution in [0.4, 0.5) is 0 Å². The van der Waals surface area contributed by atoms with Crippen LogP contribution in [0.3, 0.4) is 0 Å². The normalized spacial score (nSPS) is 17.0. The van der Waals surface area contributed by atoms with Gasteiger partial charge in [-0.15, -0.1) is 0 Å². The van der Waals surface area contributed by atoms with Gasteiger partial charge in [-0.2, -0.15) is 0 Å². The van der Waals surface area contributed by atoms with Crippen LogP contribution in [0.15, 0.2) is 23.4 Å². The van der Waals surface area contributed by atoms with Crippen LogP contribution < -0.4 is 10.0 Å². The molecule has 0 aliphatic heterocycles. The molecule has 1 aliphatic rings. The maximum absolute atomic E-state index is 12.2. The first-order valence-corrected chi connectivity index (χ1v) is 9.25. The summed E-state index contributed by atoms with van der Waals surface area (Å²) in [5.41, 5.74) is 0.989. The molecule has 1 aliphatic carbocycles. The smallest absolute Gasteiger partial charge is 0.258 e. The number of hydrogen-bond acceptors (Lipinski definition) is 4. The van der Waals surface area contributed by atoms with Crippen LogP contribution in [-0.4, -0.2) is 26.5 Å². The van der Waals surface area contributed by atoms with Crippen LogP contribution in [0.25, 0.3) is 0 Å². The molecule has 1 saturated carbocycles. The Morgan fingerprint density at radius 2 is 2.00 bits per heavy atom. The predicted octanol–water partition coefficient (Wildman–Crippen LogP) is 2.05. The van der Waals surface area contributed by atoms with Crippen LogP contribution in [0, 0.1) is 5.92 Å². The molecule has 6 heteroatoms. The van der Waals surface area contributed by atoms with Crippen molar-refractivity contribution >= 4 is 10.0 Å². The van der Waals surface area contributed by atoms with Gasteiger partial charge in [-0.3, -0.25) is 0 Å². The van der Waals surface area contributed by atoms with Gasteiger partial charge in [0.2, 0.25) is 0 Å². The Balaban J connectivity index is 1.91. The third-order valence-corrected chi connectivity index (χ3v) is 5.28. The lowest BCUT2D eigenvalue weighted by atomic mass is 9.90. The minimum atomic E-state index is -3.48. The Kier molecular flexibility index (Phi) is 6.14. The Morgan fingerprint density at radius 1 is 1.24 bits per heavy atom. The quantitative estimate of drug-likeness (QED) is 0.808. The third-order valence-electron chi connectivity index (χ3n) is 3.94. The van der Waals surface area contributed by atoms with Crippen LogP contribution in [0.1, 0.15) is 44.6 Å². The fraction of sp³-hybridized carbons (Fsp3) is 0.667. The zero-order chi connectivity index (χ0) is 15.1. The summed E-state index contributed by atoms with van der Waals surface area (Å²) in [7, 11) is -3.48. The summed E-state index contributed by atoms with van der Waals surface area (Å²) in [6.07, 6.45) is 7.57. The van der Waals surface area contributed by atoms with E-state index in [0.717, 1.165) is 24.9 Å². The van der Waals surface area contributed by atoms with Crippen molar-refractivity contribution in [1.29, 1.82) is 0 Å². The maximum atomic E-state index is 12.2. The molecule has 0 aromatic carbocycles. The molecule has 0 amide bonds. The first kappa shape index (κ1) is 16.4. The van der Waals surface area contributed by atoms with Crippen molar-refractivity contribution in [3.8, 4) is 0 Å². The van der Waals surface area contributed by atoms with Crippen LogP contribution in [0.2, 0.25) is 0 Å². The zero-order valence-corrected chi connectivity index (χ0v) is 13.5. The van der Waals surface area contributed by atoms with E-state index in [2.05, 4.69) is 15.0 Å². The second-order valence-electron chi connectivity index (χ2n) is 5.64. The average Bonchev–Trinajstić information content (AvgIpc) is 2.52. The molecule has 0 radical (unpaired) electrons. The lowest BCUT2D eigenvalue weighted by Gasteiger charge is -2.21. The van der Waals surface area contributed by atoms with E-state index in [4.69, 9.17) is 0 Å². The van der Waals surface area contributed by atoms with Gasteiger partial charge in [0.1, 0.15) is 0 Å². The molecule has 0 unspecified atom stereocenters. The Hall–Kier alpha value is -0.980. The van der Waals surface area contributed by atoms with E-state index >= 15 is 0 Å². The van der Waals surface area contributed by atoms with Gasteiger partial charge in [-0.1, -0.05) is 32.3 Å². The van der Waals surface area contributed by atoms with Gasteiger partial charge < -0.3 is 5.32 Å². The Labute approximate surface area is 127 Å². The second kappa shape index (κ2) is 7.87. The molecule has 1 aromatic rings. The number of hydrogen-bond donors (Lipinski definition) is 2. The first-order valence-electron chi connectivity index (χ1n) is 7.77. The van der Waals surface area contributed by atoms with Crippen molar-refractivity contribution in [3.63, 3.8) is 0 Å². The number of pyridine rings is 1. The van der Waals surface area contributed by atoms with Crippen LogP contribution in [-0.2, 0) is 16.6 Å². The summed E-state index contributed by atoms with van der Waals surface area (Å²) in [6.45, 7) is 4.15. The fourth-order valence-corrected chi connectivity index (χ4v) is 3.68. The first-order chi connectivity index (χ1) is 10.1. The van der Waals surface area contributed by atoms with Crippen LogP contribution in [0.5, 0.6) is 0 Å². The number of sulfonamides is 1. The van der Waals surface area contributed by atoms with Gasteiger partial charge in [0.25, 0.3) is 10.0 Å². The summed E-state index contributed by atoms with van der Waals surface area (Å²) in [5, 5.41) is 3.30. The van der Waals surface area contributed by atoms with Crippen molar-refractivity contribution in [2.75, 3.05) is 13.1 Å². The molecule has 1 aromatic heterocycles. The van der Waals surface area contributed by atoms with Crippen molar-refractivity contribution < 1.29 is 8.42 Å². The van der Waals surface area contributed by atoms with E-state index in [1.807, 2.05) is 13.0 Å². The highest BCUT2D eigenvalue weighted by atomic mass is 32.2. The zero-order valence-electron chi connectivity index (χ0n) is 12.6. The van der Waals surface area contributed by atoms with Gasteiger partial charge >= 0.3 is 0 Å². The third kappa shape index (κ3) is 5.05. The molecule has 0 bridgehead atoms. The molecule has 0 atom stereocenters. The molecular formula is C15H25N3O2S. The minimum absolute atomic E-state index is 0.110. The van der Waals surface area contributed by atoms with E-state index in [9.17, 15) is 8.42 Å². The molecule has 0 saturated heterocycles. The van der Waals surface area contributed by atoms with Crippen molar-refractivity contribution in [1.82, 2.24) is 15.0 Å². The average molecular weight is 311 g/mol. The van der Waals surface area contributed by atoms with E-state index in [-0.39, 0.29) is 5.03 Å². The second-order valence-corrected chi connectivity index (χ2v) is 7.35. The topological polar surface area (TPSA) is 71.1 Å². The molecule has 21 heavy (non-hydrogen) atoms. The molecule has 1 heterocycles. The maximum Gasteiger partial charge on any atom is 0.258 e. The van der Waals surface area contributed by atoms with Gasteiger partial charge in [-0.25, -0.2) is 18.1 Å². The molecule has 2 rings (SSSR count). The lowest BCUT2D eigenvalue weighted by Crippen LogP contribution is -2.30. The van der Waals surface area contributed by atoms with Crippen molar-refractivity contribution in [3.05, 3.63) is 23.9 Å². The van der Waals surface area contributed by atoms with Crippen molar-refractivity contribution in [2.45, 2.75) is 50.6 Å². The van der Waals surface area contributed by atoms with Gasteiger partial charge in [0, 0.05) is 19.3 Å². The van der Waals surface area contributed by atoms with Crippen molar-refractivity contribution in [2.24, 2.45) is 5.92 Å². The molecule has 5 nitrogen and oxygen atoms in total. The summed E-state index contributed by atoms with van der Waals surface area (Å²) in [4.78, 5) is 4.08. The fourth-order valence-electron chi connectivity index (χ4n) is 2.64. The van der Waals surface area contributed by atoms with E-state index in [1.54, 1.807) is 12.3 Å². The SMILES string of the molecule is CCNCc1ccc(S(=O)(=O)NCC2CCCCC2)nc1. The van der Waals surface area contributed by atoms with E-state index in [1.165, 1.54) is 19.3 Å². The molecule has 1 fully saturated rings. The largest absolute Gasteiger partial charge is 0.313 e. The minimum Gasteiger partial charge on any atom is -0.313 e. The number of rotatable bonds is 7. The Morgan fingerprint density at radius 3 is 2.62 bits per heavy atom. The highest BCUT2D eigenvalue weighted by Gasteiger charge is 2.19. The summed E-state index contributed by atoms with van der Waals surface area (Å²) in [5.74, 6) is 0.474. The number of nitrogens with one attached hydrogen (secondary N) is 2. The standard InChI is InChI=1S/C15H25N3O2S/c1-2-16-10-14-8-9-15(17-11-14)21(19,20)18-12-13-6-4-3-5-7-13/h8-9,11,13,16,18H,2-7,10,12H2,1H3. The van der Waals surface area contributed by atoms with Gasteiger partial charge in [0.15, 0.2) is 5.03 Å². The number of nitrogens with zero attached hydrogens (tertiary/aromatic N) is 1. The molecule has 118 valence electrons. The molecule has 0 spiro atoms. The lowest BCUT2D eigenvalue weighted by molar-refractivity contribution is 0.357. The monoisotopic (exact) mass is 311 g/mol. The van der Waals surface area contributed by atoms with E-state index < -0.39 is 10.0 Å². The van der Waals surface area contributed by atoms with E-state index in [0.29, 0.717) is 19.0 Å². The highest BCUT2D eigenvalue weighted by Crippen LogP contribution is 2.23.